The number of carbonyl (C=O) groups is 1. The highest BCUT2D eigenvalue weighted by Crippen LogP contribution is 2.27. The van der Waals surface area contributed by atoms with Gasteiger partial charge in [-0.25, -0.2) is 0 Å². The Labute approximate surface area is 124 Å². The maximum absolute atomic E-state index is 12.0. The molecule has 0 atom stereocenters. The molecule has 2 aromatic carbocycles. The maximum Gasteiger partial charge on any atom is 0.161 e. The van der Waals surface area contributed by atoms with Crippen molar-refractivity contribution in [3.8, 4) is 11.5 Å². The molecule has 0 saturated heterocycles. The van der Waals surface area contributed by atoms with Crippen molar-refractivity contribution in [2.75, 3.05) is 14.2 Å². The van der Waals surface area contributed by atoms with Crippen molar-refractivity contribution in [2.45, 2.75) is 6.42 Å². The van der Waals surface area contributed by atoms with Crippen LogP contribution in [0.2, 0.25) is 0 Å². The average Bonchev–Trinajstić information content (AvgIpc) is 2.53. The molecule has 0 radical (unpaired) electrons. The Morgan fingerprint density at radius 2 is 1.71 bits per heavy atom. The number of ketones is 1. The van der Waals surface area contributed by atoms with E-state index in [9.17, 15) is 4.79 Å². The van der Waals surface area contributed by atoms with Gasteiger partial charge in [-0.05, 0) is 29.3 Å². The largest absolute Gasteiger partial charge is 0.493 e. The third-order valence-electron chi connectivity index (χ3n) is 3.09. The van der Waals surface area contributed by atoms with Crippen LogP contribution < -0.4 is 9.47 Å². The molecule has 0 unspecified atom stereocenters. The predicted octanol–water partition coefficient (Wildman–Crippen LogP) is 3.53. The fourth-order valence-corrected chi connectivity index (χ4v) is 2.00. The van der Waals surface area contributed by atoms with Crippen LogP contribution in [0.4, 0.5) is 0 Å². The van der Waals surface area contributed by atoms with Crippen LogP contribution in [-0.2, 0) is 11.2 Å². The monoisotopic (exact) mass is 282 g/mol. The molecule has 0 aromatic heterocycles. The molecule has 3 nitrogen and oxygen atoms in total. The van der Waals surface area contributed by atoms with Gasteiger partial charge < -0.3 is 9.47 Å². The standard InChI is InChI=1S/C18H18O3/c1-20-17-11-9-15(13-18(17)21-2)12-16(19)10-8-14-6-4-3-5-7-14/h3-11,13H,12H2,1-2H3/b10-8+. The summed E-state index contributed by atoms with van der Waals surface area (Å²) in [6.45, 7) is 0. The van der Waals surface area contributed by atoms with Gasteiger partial charge >= 0.3 is 0 Å². The number of ether oxygens (including phenoxy) is 2. The Morgan fingerprint density at radius 3 is 2.38 bits per heavy atom. The van der Waals surface area contributed by atoms with E-state index in [1.165, 1.54) is 0 Å². The summed E-state index contributed by atoms with van der Waals surface area (Å²) in [5.74, 6) is 1.34. The van der Waals surface area contributed by atoms with E-state index in [0.29, 0.717) is 17.9 Å². The summed E-state index contributed by atoms with van der Waals surface area (Å²) in [6, 6.07) is 15.3. The highest BCUT2D eigenvalue weighted by atomic mass is 16.5. The zero-order valence-electron chi connectivity index (χ0n) is 12.2. The van der Waals surface area contributed by atoms with E-state index in [2.05, 4.69) is 0 Å². The molecule has 0 saturated carbocycles. The third kappa shape index (κ3) is 4.21. The van der Waals surface area contributed by atoms with Crippen LogP contribution in [0.5, 0.6) is 11.5 Å². The molecule has 0 bridgehead atoms. The van der Waals surface area contributed by atoms with Crippen LogP contribution in [0.15, 0.2) is 54.6 Å². The van der Waals surface area contributed by atoms with Gasteiger partial charge in [0.15, 0.2) is 17.3 Å². The second-order valence-electron chi connectivity index (χ2n) is 4.58. The smallest absolute Gasteiger partial charge is 0.161 e. The Bertz CT molecular complexity index is 630. The van der Waals surface area contributed by atoms with Gasteiger partial charge in [-0.15, -0.1) is 0 Å². The van der Waals surface area contributed by atoms with Crippen LogP contribution in [0.1, 0.15) is 11.1 Å². The number of hydrogen-bond donors (Lipinski definition) is 0. The van der Waals surface area contributed by atoms with Crippen LogP contribution >= 0.6 is 0 Å². The number of allylic oxidation sites excluding steroid dienone is 1. The van der Waals surface area contributed by atoms with E-state index >= 15 is 0 Å². The molecule has 0 heterocycles. The number of benzene rings is 2. The van der Waals surface area contributed by atoms with E-state index < -0.39 is 0 Å². The quantitative estimate of drug-likeness (QED) is 0.760. The van der Waals surface area contributed by atoms with Crippen molar-refractivity contribution in [1.82, 2.24) is 0 Å². The van der Waals surface area contributed by atoms with E-state index in [1.807, 2.05) is 54.6 Å². The minimum atomic E-state index is 0.0473. The number of rotatable bonds is 6. The molecular formula is C18H18O3. The molecule has 108 valence electrons. The van der Waals surface area contributed by atoms with Crippen molar-refractivity contribution < 1.29 is 14.3 Å². The second-order valence-corrected chi connectivity index (χ2v) is 4.58. The molecule has 0 N–H and O–H groups in total. The first-order valence-electron chi connectivity index (χ1n) is 6.70. The minimum absolute atomic E-state index is 0.0473. The van der Waals surface area contributed by atoms with E-state index in [1.54, 1.807) is 20.3 Å². The SMILES string of the molecule is COc1ccc(CC(=O)/C=C/c2ccccc2)cc1OC. The lowest BCUT2D eigenvalue weighted by molar-refractivity contribution is -0.113. The average molecular weight is 282 g/mol. The summed E-state index contributed by atoms with van der Waals surface area (Å²) in [6.07, 6.45) is 3.76. The van der Waals surface area contributed by atoms with Crippen molar-refractivity contribution >= 4 is 11.9 Å². The number of methoxy groups -OCH3 is 2. The van der Waals surface area contributed by atoms with Gasteiger partial charge in [0, 0.05) is 6.42 Å². The minimum Gasteiger partial charge on any atom is -0.493 e. The predicted molar refractivity (Wildman–Crippen MR) is 83.7 cm³/mol. The van der Waals surface area contributed by atoms with Gasteiger partial charge in [0.05, 0.1) is 14.2 Å². The van der Waals surface area contributed by atoms with E-state index in [0.717, 1.165) is 11.1 Å². The Morgan fingerprint density at radius 1 is 1.00 bits per heavy atom. The number of hydrogen-bond acceptors (Lipinski definition) is 3. The molecule has 21 heavy (non-hydrogen) atoms. The summed E-state index contributed by atoms with van der Waals surface area (Å²) in [5, 5.41) is 0. The Kier molecular flexibility index (Phi) is 5.16. The zero-order chi connectivity index (χ0) is 15.1. The number of carbonyl (C=O) groups excluding carboxylic acids is 1. The molecule has 0 aliphatic carbocycles. The van der Waals surface area contributed by atoms with Crippen molar-refractivity contribution in [3.63, 3.8) is 0 Å². The van der Waals surface area contributed by atoms with Gasteiger partial charge in [-0.3, -0.25) is 4.79 Å². The first-order valence-corrected chi connectivity index (χ1v) is 6.70. The van der Waals surface area contributed by atoms with Gasteiger partial charge in [-0.1, -0.05) is 42.5 Å². The lowest BCUT2D eigenvalue weighted by Gasteiger charge is -2.08. The summed E-state index contributed by atoms with van der Waals surface area (Å²) < 4.78 is 10.4. The first-order chi connectivity index (χ1) is 10.2. The third-order valence-corrected chi connectivity index (χ3v) is 3.09. The maximum atomic E-state index is 12.0. The van der Waals surface area contributed by atoms with Crippen LogP contribution in [0, 0.1) is 0 Å². The summed E-state index contributed by atoms with van der Waals surface area (Å²) >= 11 is 0. The fourth-order valence-electron chi connectivity index (χ4n) is 2.00. The lowest BCUT2D eigenvalue weighted by Crippen LogP contribution is -1.99. The highest BCUT2D eigenvalue weighted by Gasteiger charge is 2.06. The Balaban J connectivity index is 2.04. The van der Waals surface area contributed by atoms with Gasteiger partial charge in [0.25, 0.3) is 0 Å². The van der Waals surface area contributed by atoms with Crippen molar-refractivity contribution in [3.05, 3.63) is 65.7 Å². The molecule has 0 spiro atoms. The topological polar surface area (TPSA) is 35.5 Å². The molecule has 2 rings (SSSR count). The highest BCUT2D eigenvalue weighted by molar-refractivity contribution is 5.95. The summed E-state index contributed by atoms with van der Waals surface area (Å²) in [5.41, 5.74) is 1.91. The second kappa shape index (κ2) is 7.29. The van der Waals surface area contributed by atoms with Crippen molar-refractivity contribution in [2.24, 2.45) is 0 Å². The summed E-state index contributed by atoms with van der Waals surface area (Å²) in [4.78, 5) is 12.0. The van der Waals surface area contributed by atoms with E-state index in [4.69, 9.17) is 9.47 Å². The van der Waals surface area contributed by atoms with Gasteiger partial charge in [0.1, 0.15) is 0 Å². The van der Waals surface area contributed by atoms with Crippen molar-refractivity contribution in [1.29, 1.82) is 0 Å². The molecule has 0 aliphatic heterocycles. The van der Waals surface area contributed by atoms with Gasteiger partial charge in [-0.2, -0.15) is 0 Å². The Hall–Kier alpha value is -2.55. The zero-order valence-corrected chi connectivity index (χ0v) is 12.2. The van der Waals surface area contributed by atoms with E-state index in [-0.39, 0.29) is 5.78 Å². The molecule has 3 heteroatoms. The fraction of sp³-hybridized carbons (Fsp3) is 0.167. The molecule has 2 aromatic rings. The van der Waals surface area contributed by atoms with Gasteiger partial charge in [0.2, 0.25) is 0 Å². The van der Waals surface area contributed by atoms with Crippen LogP contribution in [0.3, 0.4) is 0 Å². The molecule has 0 aliphatic rings. The normalized spacial score (nSPS) is 10.6. The first kappa shape index (κ1) is 14.9. The molecule has 0 amide bonds. The van der Waals surface area contributed by atoms with Crippen LogP contribution in [0.25, 0.3) is 6.08 Å². The molecule has 0 fully saturated rings. The van der Waals surface area contributed by atoms with Crippen LogP contribution in [-0.4, -0.2) is 20.0 Å². The molecular weight excluding hydrogens is 264 g/mol. The lowest BCUT2D eigenvalue weighted by atomic mass is 10.1. The summed E-state index contributed by atoms with van der Waals surface area (Å²) in [7, 11) is 3.17.